The van der Waals surface area contributed by atoms with Crippen molar-refractivity contribution in [3.05, 3.63) is 46.1 Å². The molecule has 0 spiro atoms. The predicted octanol–water partition coefficient (Wildman–Crippen LogP) is 0.393. The van der Waals surface area contributed by atoms with Crippen LogP contribution in [0, 0.1) is 10.1 Å². The molecular weight excluding hydrogens is 326 g/mol. The number of piperazine rings is 1. The first-order chi connectivity index (χ1) is 12.0. The van der Waals surface area contributed by atoms with E-state index < -0.39 is 10.8 Å². The summed E-state index contributed by atoms with van der Waals surface area (Å²) in [6, 6.07) is 7.11. The molecule has 10 nitrogen and oxygen atoms in total. The van der Waals surface area contributed by atoms with E-state index in [1.165, 1.54) is 0 Å². The van der Waals surface area contributed by atoms with E-state index in [1.807, 2.05) is 17.0 Å². The van der Waals surface area contributed by atoms with Gasteiger partial charge in [-0.3, -0.25) is 14.9 Å². The Morgan fingerprint density at radius 1 is 1.12 bits per heavy atom. The smallest absolute Gasteiger partial charge is 0.329 e. The third-order valence-electron chi connectivity index (χ3n) is 4.06. The van der Waals surface area contributed by atoms with Gasteiger partial charge < -0.3 is 21.3 Å². The summed E-state index contributed by atoms with van der Waals surface area (Å²) in [5, 5.41) is 10.8. The molecule has 1 aromatic heterocycles. The lowest BCUT2D eigenvalue weighted by atomic mass is 10.1. The number of amides is 1. The molecule has 2 aromatic rings. The first kappa shape index (κ1) is 16.4. The average molecular weight is 343 g/mol. The zero-order chi connectivity index (χ0) is 18.0. The van der Waals surface area contributed by atoms with Crippen LogP contribution < -0.4 is 21.3 Å². The maximum atomic E-state index is 11.1. The van der Waals surface area contributed by atoms with Crippen molar-refractivity contribution in [3.63, 3.8) is 0 Å². The van der Waals surface area contributed by atoms with E-state index in [0.29, 0.717) is 24.6 Å². The van der Waals surface area contributed by atoms with Gasteiger partial charge in [-0.05, 0) is 24.3 Å². The van der Waals surface area contributed by atoms with Crippen LogP contribution in [-0.2, 0) is 0 Å². The Hall–Kier alpha value is -3.43. The summed E-state index contributed by atoms with van der Waals surface area (Å²) in [5.41, 5.74) is 12.0. The SMILES string of the molecule is NC(=O)c1ccc(N2CCN(c3ncc([N+](=O)[O-])c(N)n3)CC2)cc1. The number of hydrogen-bond donors (Lipinski definition) is 2. The van der Waals surface area contributed by atoms with Gasteiger partial charge in [-0.1, -0.05) is 0 Å². The molecule has 130 valence electrons. The third-order valence-corrected chi connectivity index (χ3v) is 4.06. The summed E-state index contributed by atoms with van der Waals surface area (Å²) < 4.78 is 0. The van der Waals surface area contributed by atoms with Gasteiger partial charge in [-0.15, -0.1) is 0 Å². The number of nitrogens with two attached hydrogens (primary N) is 2. The highest BCUT2D eigenvalue weighted by Gasteiger charge is 2.22. The molecule has 1 amide bonds. The molecule has 1 saturated heterocycles. The largest absolute Gasteiger partial charge is 0.378 e. The van der Waals surface area contributed by atoms with E-state index in [9.17, 15) is 14.9 Å². The summed E-state index contributed by atoms with van der Waals surface area (Å²) in [6.07, 6.45) is 1.13. The molecule has 1 aliphatic heterocycles. The zero-order valence-electron chi connectivity index (χ0n) is 13.3. The number of primary amides is 1. The Kier molecular flexibility index (Phi) is 4.33. The van der Waals surface area contributed by atoms with Crippen molar-refractivity contribution < 1.29 is 9.72 Å². The topological polar surface area (TPSA) is 145 Å². The van der Waals surface area contributed by atoms with E-state index in [0.717, 1.165) is 25.0 Å². The minimum atomic E-state index is -0.604. The summed E-state index contributed by atoms with van der Waals surface area (Å²) in [7, 11) is 0. The van der Waals surface area contributed by atoms with Crippen molar-refractivity contribution in [2.45, 2.75) is 0 Å². The quantitative estimate of drug-likeness (QED) is 0.599. The standard InChI is InChI=1S/C15H17N7O3/c16-13-12(22(24)25)9-18-15(19-13)21-7-5-20(6-8-21)11-3-1-10(2-4-11)14(17)23/h1-4,9H,5-8H2,(H2,17,23)(H2,16,18,19). The second-order valence-corrected chi connectivity index (χ2v) is 5.58. The molecule has 3 rings (SSSR count). The lowest BCUT2D eigenvalue weighted by molar-refractivity contribution is -0.384. The zero-order valence-corrected chi connectivity index (χ0v) is 13.3. The van der Waals surface area contributed by atoms with Crippen LogP contribution in [0.5, 0.6) is 0 Å². The van der Waals surface area contributed by atoms with Crippen LogP contribution in [0.3, 0.4) is 0 Å². The number of anilines is 3. The summed E-state index contributed by atoms with van der Waals surface area (Å²) in [4.78, 5) is 33.4. The van der Waals surface area contributed by atoms with E-state index in [-0.39, 0.29) is 11.5 Å². The Bertz CT molecular complexity index is 801. The van der Waals surface area contributed by atoms with E-state index >= 15 is 0 Å². The first-order valence-electron chi connectivity index (χ1n) is 7.62. The molecular formula is C15H17N7O3. The highest BCUT2D eigenvalue weighted by atomic mass is 16.6. The van der Waals surface area contributed by atoms with E-state index in [4.69, 9.17) is 11.5 Å². The minimum absolute atomic E-state index is 0.139. The highest BCUT2D eigenvalue weighted by molar-refractivity contribution is 5.93. The van der Waals surface area contributed by atoms with Crippen LogP contribution in [0.1, 0.15) is 10.4 Å². The predicted molar refractivity (Wildman–Crippen MR) is 92.5 cm³/mol. The fraction of sp³-hybridized carbons (Fsp3) is 0.267. The van der Waals surface area contributed by atoms with Crippen molar-refractivity contribution in [1.29, 1.82) is 0 Å². The second kappa shape index (κ2) is 6.59. The molecule has 2 heterocycles. The number of nitrogens with zero attached hydrogens (tertiary/aromatic N) is 5. The molecule has 1 fully saturated rings. The molecule has 25 heavy (non-hydrogen) atoms. The van der Waals surface area contributed by atoms with Crippen LogP contribution in [0.4, 0.5) is 23.1 Å². The number of benzene rings is 1. The van der Waals surface area contributed by atoms with Gasteiger partial charge in [0.05, 0.1) is 4.92 Å². The number of nitrogen functional groups attached to an aromatic ring is 1. The minimum Gasteiger partial charge on any atom is -0.378 e. The van der Waals surface area contributed by atoms with Gasteiger partial charge in [0.1, 0.15) is 6.20 Å². The molecule has 4 N–H and O–H groups in total. The number of hydrogen-bond acceptors (Lipinski definition) is 8. The lowest BCUT2D eigenvalue weighted by Gasteiger charge is -2.36. The number of carbonyl (C=O) groups is 1. The molecule has 1 aliphatic rings. The van der Waals surface area contributed by atoms with Crippen molar-refractivity contribution in [1.82, 2.24) is 9.97 Å². The fourth-order valence-corrected chi connectivity index (χ4v) is 2.67. The molecule has 0 unspecified atom stereocenters. The highest BCUT2D eigenvalue weighted by Crippen LogP contribution is 2.22. The van der Waals surface area contributed by atoms with Crippen molar-refractivity contribution in [2.24, 2.45) is 5.73 Å². The number of rotatable bonds is 4. The maximum absolute atomic E-state index is 11.1. The maximum Gasteiger partial charge on any atom is 0.329 e. The van der Waals surface area contributed by atoms with Crippen LogP contribution in [-0.4, -0.2) is 47.0 Å². The Morgan fingerprint density at radius 3 is 2.24 bits per heavy atom. The van der Waals surface area contributed by atoms with Gasteiger partial charge in [0.2, 0.25) is 17.7 Å². The van der Waals surface area contributed by atoms with Crippen LogP contribution in [0.2, 0.25) is 0 Å². The Labute approximate surface area is 143 Å². The van der Waals surface area contributed by atoms with Gasteiger partial charge in [0.15, 0.2) is 0 Å². The molecule has 1 aromatic carbocycles. The van der Waals surface area contributed by atoms with Crippen molar-refractivity contribution in [2.75, 3.05) is 41.7 Å². The molecule has 0 saturated carbocycles. The summed E-state index contributed by atoms with van der Waals surface area (Å²) >= 11 is 0. The normalized spacial score (nSPS) is 14.4. The first-order valence-corrected chi connectivity index (χ1v) is 7.62. The van der Waals surface area contributed by atoms with E-state index in [1.54, 1.807) is 12.1 Å². The summed E-state index contributed by atoms with van der Waals surface area (Å²) in [5.74, 6) is -0.212. The molecule has 0 radical (unpaired) electrons. The second-order valence-electron chi connectivity index (χ2n) is 5.58. The van der Waals surface area contributed by atoms with Crippen molar-refractivity contribution in [3.8, 4) is 0 Å². The van der Waals surface area contributed by atoms with Gasteiger partial charge in [-0.2, -0.15) is 4.98 Å². The lowest BCUT2D eigenvalue weighted by Crippen LogP contribution is -2.47. The van der Waals surface area contributed by atoms with Crippen LogP contribution in [0.15, 0.2) is 30.5 Å². The Balaban J connectivity index is 1.66. The Morgan fingerprint density at radius 2 is 1.72 bits per heavy atom. The number of nitro groups is 1. The average Bonchev–Trinajstić information content (AvgIpc) is 2.61. The molecule has 0 bridgehead atoms. The molecule has 10 heteroatoms. The molecule has 0 atom stereocenters. The van der Waals surface area contributed by atoms with Gasteiger partial charge in [0.25, 0.3) is 0 Å². The third kappa shape index (κ3) is 3.42. The van der Waals surface area contributed by atoms with E-state index in [2.05, 4.69) is 14.9 Å². The van der Waals surface area contributed by atoms with Gasteiger partial charge in [0, 0.05) is 37.4 Å². The monoisotopic (exact) mass is 343 g/mol. The van der Waals surface area contributed by atoms with Crippen LogP contribution >= 0.6 is 0 Å². The van der Waals surface area contributed by atoms with Gasteiger partial charge >= 0.3 is 5.69 Å². The molecule has 0 aliphatic carbocycles. The van der Waals surface area contributed by atoms with Crippen LogP contribution in [0.25, 0.3) is 0 Å². The van der Waals surface area contributed by atoms with Gasteiger partial charge in [-0.25, -0.2) is 4.98 Å². The number of carbonyl (C=O) groups excluding carboxylic acids is 1. The van der Waals surface area contributed by atoms with Crippen molar-refractivity contribution >= 4 is 29.0 Å². The fourth-order valence-electron chi connectivity index (χ4n) is 2.67. The summed E-state index contributed by atoms with van der Waals surface area (Å²) in [6.45, 7) is 2.73. The number of aromatic nitrogens is 2.